The van der Waals surface area contributed by atoms with E-state index in [1.54, 1.807) is 0 Å². The molecule has 0 bridgehead atoms. The number of carbonyl (C=O) groups excluding carboxylic acids is 1. The van der Waals surface area contributed by atoms with Crippen LogP contribution >= 0.6 is 0 Å². The summed E-state index contributed by atoms with van der Waals surface area (Å²) in [6, 6.07) is 8.64. The van der Waals surface area contributed by atoms with Gasteiger partial charge in [0.05, 0.1) is 16.2 Å². The number of carboxylic acid groups (broad SMARTS) is 2. The Hall–Kier alpha value is -4.70. The van der Waals surface area contributed by atoms with Gasteiger partial charge in [-0.1, -0.05) is 0 Å². The highest BCUT2D eigenvalue weighted by molar-refractivity contribution is 5.91. The van der Waals surface area contributed by atoms with Gasteiger partial charge in [0.25, 0.3) is 5.69 Å². The van der Waals surface area contributed by atoms with Crippen molar-refractivity contribution in [2.75, 3.05) is 5.32 Å². The summed E-state index contributed by atoms with van der Waals surface area (Å²) < 4.78 is 0. The molecule has 0 aromatic heterocycles. The molecule has 1 atom stereocenters. The minimum absolute atomic E-state index is 0.0582. The van der Waals surface area contributed by atoms with E-state index in [-0.39, 0.29) is 48.3 Å². The van der Waals surface area contributed by atoms with Crippen LogP contribution in [0.5, 0.6) is 0 Å². The molecule has 0 spiro atoms. The summed E-state index contributed by atoms with van der Waals surface area (Å²) in [6.07, 6.45) is -0.358. The Morgan fingerprint density at radius 1 is 1.12 bits per heavy atom. The van der Waals surface area contributed by atoms with E-state index in [2.05, 4.69) is 15.5 Å². The molecule has 1 unspecified atom stereocenters. The second kappa shape index (κ2) is 11.8. The zero-order valence-electron chi connectivity index (χ0n) is 17.7. The van der Waals surface area contributed by atoms with Gasteiger partial charge >= 0.3 is 11.9 Å². The van der Waals surface area contributed by atoms with Crippen LogP contribution in [0.2, 0.25) is 0 Å². The average Bonchev–Trinajstić information content (AvgIpc) is 2.80. The van der Waals surface area contributed by atoms with Gasteiger partial charge in [0.1, 0.15) is 17.8 Å². The van der Waals surface area contributed by atoms with Crippen LogP contribution in [0.4, 0.5) is 22.7 Å². The summed E-state index contributed by atoms with van der Waals surface area (Å²) in [7, 11) is 0. The van der Waals surface area contributed by atoms with Crippen LogP contribution in [0.15, 0.2) is 46.6 Å². The van der Waals surface area contributed by atoms with Crippen LogP contribution in [-0.2, 0) is 20.8 Å². The largest absolute Gasteiger partial charge is 0.481 e. The van der Waals surface area contributed by atoms with E-state index in [4.69, 9.17) is 15.9 Å². The van der Waals surface area contributed by atoms with Crippen molar-refractivity contribution in [3.05, 3.63) is 57.6 Å². The molecule has 5 N–H and O–H groups in total. The fourth-order valence-corrected chi connectivity index (χ4v) is 2.76. The fraction of sp³-hybridized carbons (Fsp3) is 0.238. The normalized spacial score (nSPS) is 11.5. The van der Waals surface area contributed by atoms with Crippen LogP contribution in [0.25, 0.3) is 0 Å². The van der Waals surface area contributed by atoms with Crippen molar-refractivity contribution in [3.63, 3.8) is 0 Å². The van der Waals surface area contributed by atoms with Gasteiger partial charge in [0.2, 0.25) is 5.91 Å². The first-order chi connectivity index (χ1) is 16.1. The van der Waals surface area contributed by atoms with Crippen molar-refractivity contribution in [1.82, 2.24) is 0 Å². The van der Waals surface area contributed by atoms with Crippen LogP contribution < -0.4 is 11.1 Å². The van der Waals surface area contributed by atoms with Crippen molar-refractivity contribution in [2.24, 2.45) is 16.0 Å². The number of nitro groups is 1. The monoisotopic (exact) mass is 468 g/mol. The highest BCUT2D eigenvalue weighted by Gasteiger charge is 2.15. The summed E-state index contributed by atoms with van der Waals surface area (Å²) in [5.41, 5.74) is 6.18. The SMILES string of the molecule is N#Cc1cc([N+](=O)[O-])ccc1N=Nc1ccc(NC(=O)CCC(N)C(=O)O)cc1CCC(=O)O. The van der Waals surface area contributed by atoms with E-state index < -0.39 is 28.8 Å². The summed E-state index contributed by atoms with van der Waals surface area (Å²) >= 11 is 0. The van der Waals surface area contributed by atoms with Gasteiger partial charge in [0.15, 0.2) is 0 Å². The lowest BCUT2D eigenvalue weighted by Crippen LogP contribution is -2.31. The van der Waals surface area contributed by atoms with Gasteiger partial charge in [-0.25, -0.2) is 0 Å². The maximum Gasteiger partial charge on any atom is 0.320 e. The highest BCUT2D eigenvalue weighted by atomic mass is 16.6. The topological polar surface area (TPSA) is 221 Å². The molecule has 0 heterocycles. The smallest absolute Gasteiger partial charge is 0.320 e. The third-order valence-corrected chi connectivity index (χ3v) is 4.55. The second-order valence-corrected chi connectivity index (χ2v) is 7.04. The number of nitrogens with two attached hydrogens (primary N) is 1. The average molecular weight is 468 g/mol. The number of nitro benzene ring substituents is 1. The molecule has 0 aliphatic heterocycles. The Labute approximate surface area is 192 Å². The van der Waals surface area contributed by atoms with Gasteiger partial charge in [-0.15, -0.1) is 5.11 Å². The molecule has 0 aliphatic rings. The molecule has 2 aromatic carbocycles. The highest BCUT2D eigenvalue weighted by Crippen LogP contribution is 2.29. The zero-order valence-corrected chi connectivity index (χ0v) is 17.7. The van der Waals surface area contributed by atoms with E-state index in [1.807, 2.05) is 6.07 Å². The zero-order chi connectivity index (χ0) is 25.3. The first-order valence-corrected chi connectivity index (χ1v) is 9.84. The number of carbonyl (C=O) groups is 3. The first kappa shape index (κ1) is 25.6. The molecule has 2 aromatic rings. The number of azo groups is 1. The number of aliphatic carboxylic acids is 2. The number of nitrogens with zero attached hydrogens (tertiary/aromatic N) is 4. The van der Waals surface area contributed by atoms with E-state index >= 15 is 0 Å². The van der Waals surface area contributed by atoms with Crippen molar-refractivity contribution < 1.29 is 29.5 Å². The molecular formula is C21H20N6O7. The second-order valence-electron chi connectivity index (χ2n) is 7.04. The number of amides is 1. The van der Waals surface area contributed by atoms with E-state index in [9.17, 15) is 29.8 Å². The lowest BCUT2D eigenvalue weighted by molar-refractivity contribution is -0.384. The van der Waals surface area contributed by atoms with Crippen LogP contribution in [-0.4, -0.2) is 39.0 Å². The fourth-order valence-electron chi connectivity index (χ4n) is 2.76. The number of non-ortho nitro benzene ring substituents is 1. The minimum Gasteiger partial charge on any atom is -0.481 e. The van der Waals surface area contributed by atoms with Crippen LogP contribution in [0.3, 0.4) is 0 Å². The molecule has 13 heteroatoms. The lowest BCUT2D eigenvalue weighted by Gasteiger charge is -2.10. The summed E-state index contributed by atoms with van der Waals surface area (Å²) in [6.45, 7) is 0. The molecule has 176 valence electrons. The standard InChI is InChI=1S/C21H20N6O7/c22-11-13-10-15(27(33)34)3-6-18(13)26-25-17-5-2-14(9-12(17)1-8-20(29)30)24-19(28)7-4-16(23)21(31)32/h2-3,5-6,9-10,16H,1,4,7-8,23H2,(H,24,28)(H,29,30)(H,31,32). The summed E-state index contributed by atoms with van der Waals surface area (Å²) in [4.78, 5) is 44.1. The summed E-state index contributed by atoms with van der Waals surface area (Å²) in [5.74, 6) is -2.74. The van der Waals surface area contributed by atoms with Crippen LogP contribution in [0, 0.1) is 21.4 Å². The van der Waals surface area contributed by atoms with E-state index in [0.717, 1.165) is 6.07 Å². The molecule has 34 heavy (non-hydrogen) atoms. The molecule has 2 rings (SSSR count). The number of carboxylic acids is 2. The first-order valence-electron chi connectivity index (χ1n) is 9.84. The van der Waals surface area contributed by atoms with Gasteiger partial charge in [-0.2, -0.15) is 10.4 Å². The Morgan fingerprint density at radius 3 is 2.41 bits per heavy atom. The predicted molar refractivity (Wildman–Crippen MR) is 118 cm³/mol. The third-order valence-electron chi connectivity index (χ3n) is 4.55. The molecule has 1 amide bonds. The Morgan fingerprint density at radius 2 is 1.79 bits per heavy atom. The molecule has 0 saturated heterocycles. The predicted octanol–water partition coefficient (Wildman–Crippen LogP) is 3.03. The quantitative estimate of drug-likeness (QED) is 0.216. The molecule has 0 radical (unpaired) electrons. The molecule has 0 aliphatic carbocycles. The number of anilines is 1. The minimum atomic E-state index is -1.22. The van der Waals surface area contributed by atoms with E-state index in [1.165, 1.54) is 30.3 Å². The lowest BCUT2D eigenvalue weighted by atomic mass is 10.1. The Kier molecular flexibility index (Phi) is 8.86. The number of nitriles is 1. The van der Waals surface area contributed by atoms with Crippen LogP contribution in [0.1, 0.15) is 30.4 Å². The Balaban J connectivity index is 2.26. The van der Waals surface area contributed by atoms with Gasteiger partial charge in [0, 0.05) is 30.7 Å². The number of rotatable bonds is 11. The molecule has 13 nitrogen and oxygen atoms in total. The number of hydrogen-bond donors (Lipinski definition) is 4. The maximum absolute atomic E-state index is 12.1. The number of aryl methyl sites for hydroxylation is 1. The van der Waals surface area contributed by atoms with Crippen molar-refractivity contribution in [2.45, 2.75) is 31.7 Å². The molecule has 0 fully saturated rings. The number of hydrogen-bond acceptors (Lipinski definition) is 9. The van der Waals surface area contributed by atoms with Gasteiger partial charge in [-0.3, -0.25) is 24.5 Å². The maximum atomic E-state index is 12.1. The van der Waals surface area contributed by atoms with Gasteiger partial charge < -0.3 is 21.3 Å². The third kappa shape index (κ3) is 7.46. The van der Waals surface area contributed by atoms with E-state index in [0.29, 0.717) is 11.3 Å². The van der Waals surface area contributed by atoms with Crippen molar-refractivity contribution in [3.8, 4) is 6.07 Å². The van der Waals surface area contributed by atoms with Crippen molar-refractivity contribution in [1.29, 1.82) is 5.26 Å². The van der Waals surface area contributed by atoms with Gasteiger partial charge in [-0.05, 0) is 42.7 Å². The van der Waals surface area contributed by atoms with Crippen molar-refractivity contribution >= 4 is 40.6 Å². The number of nitrogens with one attached hydrogen (secondary N) is 1. The number of benzene rings is 2. The Bertz CT molecular complexity index is 1190. The molecular weight excluding hydrogens is 448 g/mol. The molecule has 0 saturated carbocycles. The summed E-state index contributed by atoms with van der Waals surface area (Å²) in [5, 5.41) is 48.5.